The molecule has 0 radical (unpaired) electrons. The van der Waals surface area contributed by atoms with Crippen LogP contribution in [0.5, 0.6) is 0 Å². The van der Waals surface area contributed by atoms with Gasteiger partial charge in [0.2, 0.25) is 0 Å². The summed E-state index contributed by atoms with van der Waals surface area (Å²) in [6, 6.07) is 1.37. The summed E-state index contributed by atoms with van der Waals surface area (Å²) < 4.78 is 27.0. The van der Waals surface area contributed by atoms with E-state index in [-0.39, 0.29) is 25.4 Å². The number of nitrogens with zero attached hydrogens (tertiary/aromatic N) is 1. The highest BCUT2D eigenvalue weighted by molar-refractivity contribution is 7.91. The average Bonchev–Trinajstić information content (AvgIpc) is 2.95. The molecule has 2 heterocycles. The van der Waals surface area contributed by atoms with E-state index < -0.39 is 22.2 Å². The largest absolute Gasteiger partial charge is 0.390 e. The first kappa shape index (κ1) is 16.0. The number of aliphatic hydroxyl groups excluding tert-OH is 2. The molecule has 0 amide bonds. The molecule has 1 aliphatic heterocycles. The Kier molecular flexibility index (Phi) is 4.29. The molecule has 1 aliphatic carbocycles. The molecule has 1 saturated heterocycles. The fourth-order valence-corrected chi connectivity index (χ4v) is 6.73. The number of fused-ring (bicyclic) bond motifs is 1. The zero-order chi connectivity index (χ0) is 15.4. The molecule has 2 aliphatic rings. The van der Waals surface area contributed by atoms with Crippen molar-refractivity contribution in [2.75, 3.05) is 13.1 Å². The minimum Gasteiger partial charge on any atom is -0.390 e. The third-order valence-corrected chi connectivity index (χ3v) is 8.44. The van der Waals surface area contributed by atoms with E-state index in [2.05, 4.69) is 0 Å². The standard InChI is InChI=1S/C12H15Cl2NO4S2/c13-8-3-11(20-12(8)14)21(18,19)15-4-6-1-9(16)10(17)2-7(6)5-15/h3,6-7,9-10,16-17H,1-2,4-5H2/t6-,7+,9-,10-/m1/s1. The van der Waals surface area contributed by atoms with Gasteiger partial charge in [-0.05, 0) is 30.7 Å². The smallest absolute Gasteiger partial charge is 0.252 e. The van der Waals surface area contributed by atoms with Crippen molar-refractivity contribution in [2.24, 2.45) is 11.8 Å². The van der Waals surface area contributed by atoms with E-state index in [9.17, 15) is 18.6 Å². The third-order valence-electron chi connectivity index (χ3n) is 4.29. The van der Waals surface area contributed by atoms with Crippen LogP contribution >= 0.6 is 34.5 Å². The minimum atomic E-state index is -3.61. The molecule has 3 rings (SSSR count). The average molecular weight is 372 g/mol. The maximum Gasteiger partial charge on any atom is 0.252 e. The summed E-state index contributed by atoms with van der Waals surface area (Å²) in [5, 5.41) is 19.7. The van der Waals surface area contributed by atoms with Crippen LogP contribution in [0.15, 0.2) is 10.3 Å². The van der Waals surface area contributed by atoms with E-state index in [4.69, 9.17) is 23.2 Å². The van der Waals surface area contributed by atoms with Crippen LogP contribution in [0.3, 0.4) is 0 Å². The molecule has 2 fully saturated rings. The van der Waals surface area contributed by atoms with Gasteiger partial charge in [-0.1, -0.05) is 23.2 Å². The summed E-state index contributed by atoms with van der Waals surface area (Å²) in [6.45, 7) is 0.730. The predicted octanol–water partition coefficient (Wildman–Crippen LogP) is 1.81. The fraction of sp³-hybridized carbons (Fsp3) is 0.667. The van der Waals surface area contributed by atoms with Crippen molar-refractivity contribution in [3.63, 3.8) is 0 Å². The van der Waals surface area contributed by atoms with Crippen molar-refractivity contribution in [1.82, 2.24) is 4.31 Å². The summed E-state index contributed by atoms with van der Waals surface area (Å²) in [5.74, 6) is 0.174. The Morgan fingerprint density at radius 3 is 2.10 bits per heavy atom. The minimum absolute atomic E-state index is 0.0871. The molecule has 1 aromatic heterocycles. The van der Waals surface area contributed by atoms with Crippen LogP contribution < -0.4 is 0 Å². The SMILES string of the molecule is O=S(=O)(c1cc(Cl)c(Cl)s1)N1C[C@H]2C[C@@H](O)[C@H](O)C[C@H]2C1. The molecule has 21 heavy (non-hydrogen) atoms. The molecule has 9 heteroatoms. The van der Waals surface area contributed by atoms with E-state index in [1.807, 2.05) is 0 Å². The Hall–Kier alpha value is 0.110. The van der Waals surface area contributed by atoms with Crippen LogP contribution in [0.4, 0.5) is 0 Å². The van der Waals surface area contributed by atoms with Gasteiger partial charge < -0.3 is 10.2 Å². The molecule has 0 aromatic carbocycles. The molecule has 1 aromatic rings. The number of hydrogen-bond acceptors (Lipinski definition) is 5. The molecular weight excluding hydrogens is 357 g/mol. The van der Waals surface area contributed by atoms with Gasteiger partial charge in [0.15, 0.2) is 0 Å². The van der Waals surface area contributed by atoms with Crippen LogP contribution in [-0.4, -0.2) is 48.2 Å². The molecule has 1 saturated carbocycles. The number of thiophene rings is 1. The van der Waals surface area contributed by atoms with Crippen molar-refractivity contribution >= 4 is 44.6 Å². The Morgan fingerprint density at radius 1 is 1.14 bits per heavy atom. The van der Waals surface area contributed by atoms with E-state index >= 15 is 0 Å². The first-order valence-corrected chi connectivity index (χ1v) is 9.61. The first-order chi connectivity index (χ1) is 9.79. The van der Waals surface area contributed by atoms with Crippen LogP contribution in [-0.2, 0) is 10.0 Å². The quantitative estimate of drug-likeness (QED) is 0.830. The van der Waals surface area contributed by atoms with Crippen molar-refractivity contribution in [1.29, 1.82) is 0 Å². The van der Waals surface area contributed by atoms with E-state index in [1.54, 1.807) is 0 Å². The summed E-state index contributed by atoms with van der Waals surface area (Å²) >= 11 is 12.6. The molecule has 0 spiro atoms. The lowest BCUT2D eigenvalue weighted by Gasteiger charge is -2.31. The number of hydrogen-bond donors (Lipinski definition) is 2. The van der Waals surface area contributed by atoms with Gasteiger partial charge in [0, 0.05) is 13.1 Å². The van der Waals surface area contributed by atoms with E-state index in [1.165, 1.54) is 10.4 Å². The van der Waals surface area contributed by atoms with Gasteiger partial charge in [-0.25, -0.2) is 8.42 Å². The second kappa shape index (κ2) is 5.63. The summed E-state index contributed by atoms with van der Waals surface area (Å²) in [6.07, 6.45) is -0.660. The second-order valence-electron chi connectivity index (χ2n) is 5.64. The number of rotatable bonds is 2. The first-order valence-electron chi connectivity index (χ1n) is 6.60. The molecule has 5 nitrogen and oxygen atoms in total. The Bertz CT molecular complexity index is 610. The highest BCUT2D eigenvalue weighted by atomic mass is 35.5. The van der Waals surface area contributed by atoms with Gasteiger partial charge in [-0.15, -0.1) is 11.3 Å². The molecule has 2 N–H and O–H groups in total. The Labute approximate surface area is 137 Å². The number of halogens is 2. The predicted molar refractivity (Wildman–Crippen MR) is 81.3 cm³/mol. The van der Waals surface area contributed by atoms with Gasteiger partial charge in [0.25, 0.3) is 10.0 Å². The highest BCUT2D eigenvalue weighted by Crippen LogP contribution is 2.41. The monoisotopic (exact) mass is 371 g/mol. The van der Waals surface area contributed by atoms with Gasteiger partial charge in [0.1, 0.15) is 8.55 Å². The van der Waals surface area contributed by atoms with Gasteiger partial charge in [-0.3, -0.25) is 0 Å². The normalized spacial score (nSPS) is 34.1. The van der Waals surface area contributed by atoms with E-state index in [0.717, 1.165) is 11.3 Å². The molecular formula is C12H15Cl2NO4S2. The maximum atomic E-state index is 12.6. The lowest BCUT2D eigenvalue weighted by atomic mass is 9.79. The van der Waals surface area contributed by atoms with Crippen molar-refractivity contribution < 1.29 is 18.6 Å². The van der Waals surface area contributed by atoms with Crippen molar-refractivity contribution in [3.05, 3.63) is 15.4 Å². The van der Waals surface area contributed by atoms with Gasteiger partial charge in [-0.2, -0.15) is 4.31 Å². The summed E-state index contributed by atoms with van der Waals surface area (Å²) in [5.41, 5.74) is 0. The van der Waals surface area contributed by atoms with E-state index in [0.29, 0.717) is 25.9 Å². The number of sulfonamides is 1. The highest BCUT2D eigenvalue weighted by Gasteiger charge is 2.45. The zero-order valence-corrected chi connectivity index (χ0v) is 14.1. The second-order valence-corrected chi connectivity index (χ2v) is 9.86. The Morgan fingerprint density at radius 2 is 1.67 bits per heavy atom. The van der Waals surface area contributed by atoms with Crippen molar-refractivity contribution in [3.8, 4) is 0 Å². The van der Waals surface area contributed by atoms with Crippen LogP contribution in [0.2, 0.25) is 9.36 Å². The van der Waals surface area contributed by atoms with Gasteiger partial charge >= 0.3 is 0 Å². The third kappa shape index (κ3) is 2.85. The van der Waals surface area contributed by atoms with Crippen molar-refractivity contribution in [2.45, 2.75) is 29.3 Å². The molecule has 118 valence electrons. The van der Waals surface area contributed by atoms with Crippen LogP contribution in [0.1, 0.15) is 12.8 Å². The summed E-state index contributed by atoms with van der Waals surface area (Å²) in [4.78, 5) is 0. The van der Waals surface area contributed by atoms with Crippen LogP contribution in [0, 0.1) is 11.8 Å². The summed E-state index contributed by atoms with van der Waals surface area (Å²) in [7, 11) is -3.61. The lowest BCUT2D eigenvalue weighted by molar-refractivity contribution is -0.0372. The zero-order valence-electron chi connectivity index (χ0n) is 10.9. The fourth-order valence-electron chi connectivity index (χ4n) is 3.14. The lowest BCUT2D eigenvalue weighted by Crippen LogP contribution is -2.38. The molecule has 4 atom stereocenters. The maximum absolute atomic E-state index is 12.6. The number of aliphatic hydroxyl groups is 2. The van der Waals surface area contributed by atoms with Gasteiger partial charge in [0.05, 0.1) is 17.2 Å². The molecule has 0 unspecified atom stereocenters. The molecule has 0 bridgehead atoms. The van der Waals surface area contributed by atoms with Crippen LogP contribution in [0.25, 0.3) is 0 Å². The Balaban J connectivity index is 1.82. The topological polar surface area (TPSA) is 77.8 Å².